The average molecular weight is 308 g/mol. The molecule has 23 heavy (non-hydrogen) atoms. The third-order valence-corrected chi connectivity index (χ3v) is 3.23. The summed E-state index contributed by atoms with van der Waals surface area (Å²) >= 11 is 0. The maximum absolute atomic E-state index is 11.8. The molecule has 0 heterocycles. The van der Waals surface area contributed by atoms with Crippen molar-refractivity contribution in [3.8, 4) is 6.07 Å². The molecule has 0 spiro atoms. The Labute approximate surface area is 134 Å². The number of ether oxygens (including phenoxy) is 1. The molecule has 0 aromatic heterocycles. The Bertz CT molecular complexity index is 728. The minimum Gasteiger partial charge on any atom is -0.452 e. The lowest BCUT2D eigenvalue weighted by molar-refractivity contribution is -0.119. The highest BCUT2D eigenvalue weighted by molar-refractivity contribution is 5.95. The van der Waals surface area contributed by atoms with Crippen molar-refractivity contribution in [2.45, 2.75) is 13.3 Å². The van der Waals surface area contributed by atoms with E-state index in [0.29, 0.717) is 16.8 Å². The third-order valence-electron chi connectivity index (χ3n) is 3.23. The molecule has 2 aromatic carbocycles. The van der Waals surface area contributed by atoms with Gasteiger partial charge in [0.25, 0.3) is 5.91 Å². The highest BCUT2D eigenvalue weighted by Gasteiger charge is 2.10. The maximum atomic E-state index is 11.8. The molecular weight excluding hydrogens is 292 g/mol. The van der Waals surface area contributed by atoms with Crippen molar-refractivity contribution >= 4 is 17.6 Å². The van der Waals surface area contributed by atoms with Crippen molar-refractivity contribution in [1.82, 2.24) is 0 Å². The molecule has 116 valence electrons. The second-order valence-electron chi connectivity index (χ2n) is 4.86. The van der Waals surface area contributed by atoms with E-state index in [4.69, 9.17) is 10.00 Å². The second kappa shape index (κ2) is 7.76. The maximum Gasteiger partial charge on any atom is 0.338 e. The third kappa shape index (κ3) is 4.68. The van der Waals surface area contributed by atoms with E-state index in [9.17, 15) is 9.59 Å². The number of esters is 1. The van der Waals surface area contributed by atoms with Gasteiger partial charge in [-0.15, -0.1) is 0 Å². The van der Waals surface area contributed by atoms with Gasteiger partial charge >= 0.3 is 5.97 Å². The fourth-order valence-electron chi connectivity index (χ4n) is 1.92. The normalized spacial score (nSPS) is 9.74. The molecule has 0 atom stereocenters. The molecule has 1 amide bonds. The SMILES string of the molecule is CCc1ccc(NC(=O)COC(=O)c2ccc(C#N)cc2)cc1. The second-order valence-corrected chi connectivity index (χ2v) is 4.86. The minimum atomic E-state index is -0.606. The molecule has 0 aliphatic heterocycles. The molecule has 0 fully saturated rings. The van der Waals surface area contributed by atoms with E-state index in [1.807, 2.05) is 18.2 Å². The number of nitrogens with zero attached hydrogens (tertiary/aromatic N) is 1. The topological polar surface area (TPSA) is 79.2 Å². The zero-order valence-electron chi connectivity index (χ0n) is 12.7. The van der Waals surface area contributed by atoms with Crippen LogP contribution in [-0.2, 0) is 16.0 Å². The number of carbonyl (C=O) groups excluding carboxylic acids is 2. The van der Waals surface area contributed by atoms with E-state index in [0.717, 1.165) is 6.42 Å². The number of nitrogens with one attached hydrogen (secondary N) is 1. The average Bonchev–Trinajstić information content (AvgIpc) is 2.60. The van der Waals surface area contributed by atoms with Crippen LogP contribution in [0.25, 0.3) is 0 Å². The Balaban J connectivity index is 1.85. The first kappa shape index (κ1) is 16.2. The summed E-state index contributed by atoms with van der Waals surface area (Å²) in [5, 5.41) is 11.4. The first-order valence-corrected chi connectivity index (χ1v) is 7.18. The zero-order chi connectivity index (χ0) is 16.7. The Hall–Kier alpha value is -3.13. The smallest absolute Gasteiger partial charge is 0.338 e. The molecular formula is C18H16N2O3. The lowest BCUT2D eigenvalue weighted by Crippen LogP contribution is -2.20. The van der Waals surface area contributed by atoms with Gasteiger partial charge in [0, 0.05) is 5.69 Å². The zero-order valence-corrected chi connectivity index (χ0v) is 12.7. The fourth-order valence-corrected chi connectivity index (χ4v) is 1.92. The number of rotatable bonds is 5. The molecule has 0 aliphatic carbocycles. The van der Waals surface area contributed by atoms with Crippen LogP contribution in [0.2, 0.25) is 0 Å². The van der Waals surface area contributed by atoms with E-state index in [1.165, 1.54) is 29.8 Å². The summed E-state index contributed by atoms with van der Waals surface area (Å²) in [6.45, 7) is 1.69. The van der Waals surface area contributed by atoms with Gasteiger partial charge in [-0.25, -0.2) is 4.79 Å². The first-order chi connectivity index (χ1) is 11.1. The predicted octanol–water partition coefficient (Wildman–Crippen LogP) is 2.92. The predicted molar refractivity (Wildman–Crippen MR) is 85.9 cm³/mol. The van der Waals surface area contributed by atoms with Crippen LogP contribution < -0.4 is 5.32 Å². The molecule has 1 N–H and O–H groups in total. The molecule has 5 heteroatoms. The van der Waals surface area contributed by atoms with Crippen molar-refractivity contribution in [1.29, 1.82) is 5.26 Å². The standard InChI is InChI=1S/C18H16N2O3/c1-2-13-5-9-16(10-6-13)20-17(21)12-23-18(22)15-7-3-14(11-19)4-8-15/h3-10H,2,12H2,1H3,(H,20,21). The lowest BCUT2D eigenvalue weighted by atomic mass is 10.1. The van der Waals surface area contributed by atoms with Gasteiger partial charge < -0.3 is 10.1 Å². The summed E-state index contributed by atoms with van der Waals surface area (Å²) in [6, 6.07) is 15.4. The summed E-state index contributed by atoms with van der Waals surface area (Å²) in [5.74, 6) is -1.01. The van der Waals surface area contributed by atoms with Crippen LogP contribution in [0.1, 0.15) is 28.4 Å². The van der Waals surface area contributed by atoms with Gasteiger partial charge in [0.05, 0.1) is 17.2 Å². The van der Waals surface area contributed by atoms with Gasteiger partial charge in [-0.3, -0.25) is 4.79 Å². The molecule has 0 radical (unpaired) electrons. The van der Waals surface area contributed by atoms with Gasteiger partial charge in [-0.2, -0.15) is 5.26 Å². The van der Waals surface area contributed by atoms with Crippen LogP contribution >= 0.6 is 0 Å². The van der Waals surface area contributed by atoms with Crippen LogP contribution in [0, 0.1) is 11.3 Å². The van der Waals surface area contributed by atoms with Gasteiger partial charge in [-0.05, 0) is 48.4 Å². The molecule has 0 aliphatic rings. The quantitative estimate of drug-likeness (QED) is 0.861. The lowest BCUT2D eigenvalue weighted by Gasteiger charge is -2.07. The Morgan fingerprint density at radius 1 is 1.09 bits per heavy atom. The van der Waals surface area contributed by atoms with E-state index in [1.54, 1.807) is 12.1 Å². The minimum absolute atomic E-state index is 0.295. The number of nitriles is 1. The van der Waals surface area contributed by atoms with Crippen LogP contribution in [0.15, 0.2) is 48.5 Å². The molecule has 5 nitrogen and oxygen atoms in total. The number of anilines is 1. The molecule has 0 bridgehead atoms. The summed E-state index contributed by atoms with van der Waals surface area (Å²) in [4.78, 5) is 23.6. The number of carbonyl (C=O) groups is 2. The van der Waals surface area contributed by atoms with Crippen LogP contribution in [0.5, 0.6) is 0 Å². The molecule has 2 aromatic rings. The van der Waals surface area contributed by atoms with Crippen LogP contribution in [0.4, 0.5) is 5.69 Å². The highest BCUT2D eigenvalue weighted by Crippen LogP contribution is 2.10. The number of amides is 1. The summed E-state index contributed by atoms with van der Waals surface area (Å²) in [5.41, 5.74) is 2.58. The summed E-state index contributed by atoms with van der Waals surface area (Å²) in [7, 11) is 0. The Morgan fingerprint density at radius 2 is 1.74 bits per heavy atom. The molecule has 0 unspecified atom stereocenters. The van der Waals surface area contributed by atoms with Crippen molar-refractivity contribution in [2.75, 3.05) is 11.9 Å². The van der Waals surface area contributed by atoms with Crippen LogP contribution in [-0.4, -0.2) is 18.5 Å². The van der Waals surface area contributed by atoms with Crippen LogP contribution in [0.3, 0.4) is 0 Å². The number of hydrogen-bond acceptors (Lipinski definition) is 4. The summed E-state index contributed by atoms with van der Waals surface area (Å²) in [6.07, 6.45) is 0.927. The van der Waals surface area contributed by atoms with Gasteiger partial charge in [0.15, 0.2) is 6.61 Å². The molecule has 0 saturated heterocycles. The van der Waals surface area contributed by atoms with Crippen molar-refractivity contribution in [2.24, 2.45) is 0 Å². The van der Waals surface area contributed by atoms with E-state index < -0.39 is 11.9 Å². The van der Waals surface area contributed by atoms with Crippen molar-refractivity contribution in [3.05, 3.63) is 65.2 Å². The highest BCUT2D eigenvalue weighted by atomic mass is 16.5. The van der Waals surface area contributed by atoms with E-state index >= 15 is 0 Å². The first-order valence-electron chi connectivity index (χ1n) is 7.18. The van der Waals surface area contributed by atoms with E-state index in [-0.39, 0.29) is 6.61 Å². The molecule has 0 saturated carbocycles. The largest absolute Gasteiger partial charge is 0.452 e. The summed E-state index contributed by atoms with van der Waals surface area (Å²) < 4.78 is 4.95. The van der Waals surface area contributed by atoms with E-state index in [2.05, 4.69) is 12.2 Å². The number of aryl methyl sites for hydroxylation is 1. The number of hydrogen-bond donors (Lipinski definition) is 1. The van der Waals surface area contributed by atoms with Gasteiger partial charge in [-0.1, -0.05) is 19.1 Å². The van der Waals surface area contributed by atoms with Gasteiger partial charge in [0.2, 0.25) is 0 Å². The Morgan fingerprint density at radius 3 is 2.30 bits per heavy atom. The monoisotopic (exact) mass is 308 g/mol. The van der Waals surface area contributed by atoms with Gasteiger partial charge in [0.1, 0.15) is 0 Å². The molecule has 2 rings (SSSR count). The van der Waals surface area contributed by atoms with Crippen molar-refractivity contribution < 1.29 is 14.3 Å². The van der Waals surface area contributed by atoms with Crippen molar-refractivity contribution in [3.63, 3.8) is 0 Å². The fraction of sp³-hybridized carbons (Fsp3) is 0.167. The Kier molecular flexibility index (Phi) is 5.48. The number of benzene rings is 2.